The first-order chi connectivity index (χ1) is 13.7. The lowest BCUT2D eigenvalue weighted by atomic mass is 10.1. The Morgan fingerprint density at radius 1 is 1.04 bits per heavy atom. The molecule has 4 rings (SSSR count). The largest absolute Gasteiger partial charge is 0.493 e. The summed E-state index contributed by atoms with van der Waals surface area (Å²) >= 11 is 0. The van der Waals surface area contributed by atoms with Crippen LogP contribution in [0.3, 0.4) is 0 Å². The number of nitrogens with one attached hydrogen (secondary N) is 1. The zero-order valence-electron chi connectivity index (χ0n) is 16.7. The lowest BCUT2D eigenvalue weighted by molar-refractivity contribution is 0.324. The molecule has 0 aliphatic carbocycles. The van der Waals surface area contributed by atoms with Gasteiger partial charge in [-0.3, -0.25) is 0 Å². The fraction of sp³-hybridized carbons (Fsp3) is 0.318. The SMILES string of the molecule is CCc1ccccc1-n1nc(-c2cc(OC)c(OC)c(OC)c2)c2c1NCC2. The molecule has 1 aromatic heterocycles. The molecule has 0 fully saturated rings. The van der Waals surface area contributed by atoms with Gasteiger partial charge in [-0.05, 0) is 36.6 Å². The van der Waals surface area contributed by atoms with E-state index >= 15 is 0 Å². The van der Waals surface area contributed by atoms with Crippen molar-refractivity contribution in [3.05, 3.63) is 47.5 Å². The van der Waals surface area contributed by atoms with Gasteiger partial charge in [-0.2, -0.15) is 5.10 Å². The first kappa shape index (κ1) is 18.2. The normalized spacial score (nSPS) is 12.4. The minimum Gasteiger partial charge on any atom is -0.493 e. The van der Waals surface area contributed by atoms with Crippen LogP contribution in [0.25, 0.3) is 16.9 Å². The monoisotopic (exact) mass is 379 g/mol. The van der Waals surface area contributed by atoms with E-state index in [4.69, 9.17) is 19.3 Å². The van der Waals surface area contributed by atoms with Gasteiger partial charge in [-0.15, -0.1) is 0 Å². The standard InChI is InChI=1S/C22H25N3O3/c1-5-14-8-6-7-9-17(14)25-22-16(10-11-23-22)20(24-25)15-12-18(26-2)21(28-4)19(13-15)27-3/h6-9,12-13,23H,5,10-11H2,1-4H3. The minimum absolute atomic E-state index is 0.583. The van der Waals surface area contributed by atoms with Gasteiger partial charge >= 0.3 is 0 Å². The van der Waals surface area contributed by atoms with Gasteiger partial charge in [-0.25, -0.2) is 4.68 Å². The van der Waals surface area contributed by atoms with Crippen LogP contribution in [0.5, 0.6) is 17.2 Å². The number of aryl methyl sites for hydroxylation is 1. The minimum atomic E-state index is 0.583. The predicted molar refractivity (Wildman–Crippen MR) is 110 cm³/mol. The Hall–Kier alpha value is -3.15. The van der Waals surface area contributed by atoms with Crippen molar-refractivity contribution >= 4 is 5.82 Å². The fourth-order valence-electron chi connectivity index (χ4n) is 3.82. The number of nitrogens with zero attached hydrogens (tertiary/aromatic N) is 2. The Bertz CT molecular complexity index is 985. The summed E-state index contributed by atoms with van der Waals surface area (Å²) in [7, 11) is 4.87. The highest BCUT2D eigenvalue weighted by Gasteiger charge is 2.26. The number of anilines is 1. The summed E-state index contributed by atoms with van der Waals surface area (Å²) in [6.07, 6.45) is 1.87. The molecule has 0 radical (unpaired) electrons. The lowest BCUT2D eigenvalue weighted by Gasteiger charge is -2.14. The molecule has 1 aliphatic heterocycles. The number of para-hydroxylation sites is 1. The van der Waals surface area contributed by atoms with Crippen molar-refractivity contribution in [1.82, 2.24) is 9.78 Å². The number of fused-ring (bicyclic) bond motifs is 1. The van der Waals surface area contributed by atoms with E-state index < -0.39 is 0 Å². The maximum absolute atomic E-state index is 5.53. The van der Waals surface area contributed by atoms with Crippen molar-refractivity contribution < 1.29 is 14.2 Å². The van der Waals surface area contributed by atoms with Crippen LogP contribution in [0.15, 0.2) is 36.4 Å². The summed E-state index contributed by atoms with van der Waals surface area (Å²) in [6, 6.07) is 12.3. The summed E-state index contributed by atoms with van der Waals surface area (Å²) in [5.74, 6) is 2.89. The highest BCUT2D eigenvalue weighted by molar-refractivity contribution is 5.76. The number of aromatic nitrogens is 2. The second kappa shape index (κ2) is 7.46. The molecule has 1 N–H and O–H groups in total. The second-order valence-corrected chi connectivity index (χ2v) is 6.66. The van der Waals surface area contributed by atoms with Crippen molar-refractivity contribution in [1.29, 1.82) is 0 Å². The third kappa shape index (κ3) is 2.85. The molecule has 1 aliphatic rings. The van der Waals surface area contributed by atoms with Crippen molar-refractivity contribution in [3.8, 4) is 34.2 Å². The quantitative estimate of drug-likeness (QED) is 0.699. The van der Waals surface area contributed by atoms with Crippen molar-refractivity contribution in [2.75, 3.05) is 33.2 Å². The fourth-order valence-corrected chi connectivity index (χ4v) is 3.82. The van der Waals surface area contributed by atoms with E-state index in [1.807, 2.05) is 16.8 Å². The molecule has 0 spiro atoms. The maximum atomic E-state index is 5.53. The molecule has 146 valence electrons. The highest BCUT2D eigenvalue weighted by Crippen LogP contribution is 2.43. The Morgan fingerprint density at radius 3 is 2.39 bits per heavy atom. The molecule has 0 atom stereocenters. The zero-order chi connectivity index (χ0) is 19.7. The van der Waals surface area contributed by atoms with Crippen LogP contribution < -0.4 is 19.5 Å². The first-order valence-corrected chi connectivity index (χ1v) is 9.46. The molecule has 0 amide bonds. The third-order valence-corrected chi connectivity index (χ3v) is 5.19. The smallest absolute Gasteiger partial charge is 0.203 e. The van der Waals surface area contributed by atoms with E-state index in [0.29, 0.717) is 17.2 Å². The van der Waals surface area contributed by atoms with Crippen LogP contribution >= 0.6 is 0 Å². The van der Waals surface area contributed by atoms with Gasteiger partial charge in [0.2, 0.25) is 5.75 Å². The van der Waals surface area contributed by atoms with Crippen LogP contribution in [0.4, 0.5) is 5.82 Å². The number of methoxy groups -OCH3 is 3. The van der Waals surface area contributed by atoms with Gasteiger partial charge in [0.15, 0.2) is 11.5 Å². The van der Waals surface area contributed by atoms with Crippen molar-refractivity contribution in [2.24, 2.45) is 0 Å². The Morgan fingerprint density at radius 2 is 1.75 bits per heavy atom. The summed E-state index contributed by atoms with van der Waals surface area (Å²) in [4.78, 5) is 0. The van der Waals surface area contributed by atoms with E-state index in [-0.39, 0.29) is 0 Å². The van der Waals surface area contributed by atoms with Gasteiger partial charge < -0.3 is 19.5 Å². The van der Waals surface area contributed by atoms with Crippen molar-refractivity contribution in [2.45, 2.75) is 19.8 Å². The Balaban J connectivity index is 1.91. The van der Waals surface area contributed by atoms with Gasteiger partial charge in [-0.1, -0.05) is 25.1 Å². The molecule has 6 nitrogen and oxygen atoms in total. The van der Waals surface area contributed by atoms with Crippen molar-refractivity contribution in [3.63, 3.8) is 0 Å². The Kier molecular flexibility index (Phi) is 4.86. The molecule has 0 unspecified atom stereocenters. The molecule has 0 saturated heterocycles. The molecular formula is C22H25N3O3. The molecule has 6 heteroatoms. The predicted octanol–water partition coefficient (Wildman–Crippen LogP) is 4.10. The Labute approximate surface area is 165 Å². The van der Waals surface area contributed by atoms with Crippen LogP contribution in [0.2, 0.25) is 0 Å². The summed E-state index contributed by atoms with van der Waals surface area (Å²) in [5.41, 5.74) is 5.46. The van der Waals surface area contributed by atoms with Crippen LogP contribution in [0.1, 0.15) is 18.1 Å². The van der Waals surface area contributed by atoms with E-state index in [1.54, 1.807) is 21.3 Å². The summed E-state index contributed by atoms with van der Waals surface area (Å²) in [5, 5.41) is 8.49. The molecule has 0 bridgehead atoms. The summed E-state index contributed by atoms with van der Waals surface area (Å²) in [6.45, 7) is 3.06. The molecule has 28 heavy (non-hydrogen) atoms. The van der Waals surface area contributed by atoms with Crippen LogP contribution in [-0.4, -0.2) is 37.7 Å². The van der Waals surface area contributed by atoms with Gasteiger partial charge in [0.1, 0.15) is 5.82 Å². The molecule has 0 saturated carbocycles. The third-order valence-electron chi connectivity index (χ3n) is 5.19. The van der Waals surface area contributed by atoms with E-state index in [0.717, 1.165) is 42.1 Å². The number of rotatable bonds is 6. The van der Waals surface area contributed by atoms with E-state index in [1.165, 1.54) is 11.1 Å². The number of hydrogen-bond donors (Lipinski definition) is 1. The van der Waals surface area contributed by atoms with Gasteiger partial charge in [0.05, 0.1) is 32.7 Å². The zero-order valence-corrected chi connectivity index (χ0v) is 16.7. The van der Waals surface area contributed by atoms with E-state index in [2.05, 4.69) is 36.5 Å². The van der Waals surface area contributed by atoms with E-state index in [9.17, 15) is 0 Å². The number of benzene rings is 2. The first-order valence-electron chi connectivity index (χ1n) is 9.46. The highest BCUT2D eigenvalue weighted by atomic mass is 16.5. The average Bonchev–Trinajstić information content (AvgIpc) is 3.35. The molecular weight excluding hydrogens is 354 g/mol. The average molecular weight is 379 g/mol. The number of hydrogen-bond acceptors (Lipinski definition) is 5. The topological polar surface area (TPSA) is 57.5 Å². The molecule has 3 aromatic rings. The van der Waals surface area contributed by atoms with Crippen LogP contribution in [-0.2, 0) is 12.8 Å². The lowest BCUT2D eigenvalue weighted by Crippen LogP contribution is -2.06. The summed E-state index contributed by atoms with van der Waals surface area (Å²) < 4.78 is 18.6. The van der Waals surface area contributed by atoms with Gasteiger partial charge in [0.25, 0.3) is 0 Å². The second-order valence-electron chi connectivity index (χ2n) is 6.66. The molecule has 2 heterocycles. The maximum Gasteiger partial charge on any atom is 0.203 e. The number of ether oxygens (including phenoxy) is 3. The van der Waals surface area contributed by atoms with Gasteiger partial charge in [0, 0.05) is 17.7 Å². The van der Waals surface area contributed by atoms with Crippen LogP contribution in [0, 0.1) is 0 Å². The molecule has 2 aromatic carbocycles.